The molecule has 1 N–H and O–H groups in total. The van der Waals surface area contributed by atoms with Crippen LogP contribution < -0.4 is 5.32 Å². The summed E-state index contributed by atoms with van der Waals surface area (Å²) in [7, 11) is 0. The first-order chi connectivity index (χ1) is 10.6. The van der Waals surface area contributed by atoms with Crippen molar-refractivity contribution >= 4 is 5.91 Å². The van der Waals surface area contributed by atoms with E-state index in [1.807, 2.05) is 0 Å². The zero-order valence-corrected chi connectivity index (χ0v) is 12.2. The predicted octanol–water partition coefficient (Wildman–Crippen LogP) is 2.42. The third-order valence-corrected chi connectivity index (χ3v) is 4.41. The summed E-state index contributed by atoms with van der Waals surface area (Å²) >= 11 is 0. The van der Waals surface area contributed by atoms with Crippen molar-refractivity contribution in [3.8, 4) is 0 Å². The molecule has 2 heterocycles. The highest BCUT2D eigenvalue weighted by Crippen LogP contribution is 2.34. The number of carbonyl (C=O) groups is 1. The average molecular weight is 311 g/mol. The Bertz CT molecular complexity index is 553. The van der Waals surface area contributed by atoms with E-state index < -0.39 is 17.5 Å². The van der Waals surface area contributed by atoms with Crippen LogP contribution >= 0.6 is 0 Å². The molecule has 120 valence electrons. The van der Waals surface area contributed by atoms with Gasteiger partial charge in [-0.3, -0.25) is 4.79 Å². The van der Waals surface area contributed by atoms with Gasteiger partial charge in [-0.05, 0) is 43.9 Å². The van der Waals surface area contributed by atoms with Crippen molar-refractivity contribution in [2.75, 3.05) is 19.8 Å². The molecule has 1 atom stereocenters. The maximum atomic E-state index is 13.7. The van der Waals surface area contributed by atoms with Crippen molar-refractivity contribution in [1.82, 2.24) is 5.32 Å². The fraction of sp³-hybridized carbons (Fsp3) is 0.562. The maximum absolute atomic E-state index is 13.7. The van der Waals surface area contributed by atoms with Gasteiger partial charge in [0, 0.05) is 25.9 Å². The summed E-state index contributed by atoms with van der Waals surface area (Å²) in [6.07, 6.45) is 2.95. The van der Waals surface area contributed by atoms with E-state index in [0.717, 1.165) is 31.0 Å². The molecule has 0 bridgehead atoms. The van der Waals surface area contributed by atoms with Gasteiger partial charge in [0.2, 0.25) is 0 Å². The molecule has 6 heteroatoms. The minimum atomic E-state index is -0.716. The van der Waals surface area contributed by atoms with Crippen molar-refractivity contribution in [3.05, 3.63) is 35.4 Å². The molecule has 22 heavy (non-hydrogen) atoms. The lowest BCUT2D eigenvalue weighted by Gasteiger charge is -2.43. The Balaban J connectivity index is 1.67. The largest absolute Gasteiger partial charge is 0.381 e. The van der Waals surface area contributed by atoms with Crippen LogP contribution in [0.15, 0.2) is 18.2 Å². The molecule has 0 saturated carbocycles. The summed E-state index contributed by atoms with van der Waals surface area (Å²) in [5.41, 5.74) is -0.512. The van der Waals surface area contributed by atoms with E-state index >= 15 is 0 Å². The Morgan fingerprint density at radius 3 is 2.77 bits per heavy atom. The molecule has 2 saturated heterocycles. The molecule has 3 rings (SSSR count). The van der Waals surface area contributed by atoms with Gasteiger partial charge in [-0.15, -0.1) is 0 Å². The number of carbonyl (C=O) groups excluding carboxylic acids is 1. The van der Waals surface area contributed by atoms with Crippen molar-refractivity contribution < 1.29 is 23.0 Å². The number of hydrogen-bond acceptors (Lipinski definition) is 3. The molecule has 1 spiro atoms. The molecule has 2 fully saturated rings. The second-order valence-electron chi connectivity index (χ2n) is 5.93. The van der Waals surface area contributed by atoms with Crippen molar-refractivity contribution in [2.45, 2.75) is 37.3 Å². The Morgan fingerprint density at radius 1 is 1.23 bits per heavy atom. The molecule has 0 aromatic heterocycles. The number of hydrogen-bond donors (Lipinski definition) is 1. The number of rotatable bonds is 2. The van der Waals surface area contributed by atoms with E-state index in [1.54, 1.807) is 0 Å². The quantitative estimate of drug-likeness (QED) is 0.912. The lowest BCUT2D eigenvalue weighted by molar-refractivity contribution is -0.139. The van der Waals surface area contributed by atoms with Crippen LogP contribution in [0.3, 0.4) is 0 Å². The smallest absolute Gasteiger partial charge is 0.254 e. The standard InChI is InChI=1S/C16H19F2NO3/c17-11-1-2-14(18)13(9-11)15(20)19-12-3-6-22-16(10-12)4-7-21-8-5-16/h1-2,9,12H,3-8,10H2,(H,19,20). The first-order valence-electron chi connectivity index (χ1n) is 7.56. The first-order valence-corrected chi connectivity index (χ1v) is 7.56. The van der Waals surface area contributed by atoms with Gasteiger partial charge in [0.25, 0.3) is 5.91 Å². The number of ether oxygens (including phenoxy) is 2. The zero-order chi connectivity index (χ0) is 15.6. The fourth-order valence-electron chi connectivity index (χ4n) is 3.18. The van der Waals surface area contributed by atoms with Crippen LogP contribution in [0.4, 0.5) is 8.78 Å². The lowest BCUT2D eigenvalue weighted by atomic mass is 9.84. The summed E-state index contributed by atoms with van der Waals surface area (Å²) in [5, 5.41) is 2.81. The number of amides is 1. The van der Waals surface area contributed by atoms with Gasteiger partial charge >= 0.3 is 0 Å². The van der Waals surface area contributed by atoms with E-state index in [9.17, 15) is 13.6 Å². The zero-order valence-electron chi connectivity index (χ0n) is 12.2. The first kappa shape index (κ1) is 15.4. The number of benzene rings is 1. The molecule has 1 unspecified atom stereocenters. The molecule has 4 nitrogen and oxygen atoms in total. The molecule has 0 aliphatic carbocycles. The highest BCUT2D eigenvalue weighted by molar-refractivity contribution is 5.94. The second kappa shape index (κ2) is 6.30. The van der Waals surface area contributed by atoms with Gasteiger partial charge < -0.3 is 14.8 Å². The third-order valence-electron chi connectivity index (χ3n) is 4.41. The van der Waals surface area contributed by atoms with Crippen LogP contribution in [0, 0.1) is 11.6 Å². The molecule has 2 aliphatic rings. The third kappa shape index (κ3) is 3.28. The Kier molecular flexibility index (Phi) is 4.40. The van der Waals surface area contributed by atoms with Crippen LogP contribution in [-0.2, 0) is 9.47 Å². The average Bonchev–Trinajstić information content (AvgIpc) is 2.50. The van der Waals surface area contributed by atoms with Crippen LogP contribution in [0.1, 0.15) is 36.0 Å². The molecule has 2 aliphatic heterocycles. The van der Waals surface area contributed by atoms with Crippen LogP contribution in [0.25, 0.3) is 0 Å². The van der Waals surface area contributed by atoms with E-state index in [0.29, 0.717) is 32.7 Å². The Labute approximate surface area is 127 Å². The Hall–Kier alpha value is -1.53. The van der Waals surface area contributed by atoms with Gasteiger partial charge in [-0.25, -0.2) is 8.78 Å². The minimum absolute atomic E-state index is 0.0954. The SMILES string of the molecule is O=C(NC1CCOC2(CCOCC2)C1)c1cc(F)ccc1F. The van der Waals surface area contributed by atoms with E-state index in [1.165, 1.54) is 0 Å². The van der Waals surface area contributed by atoms with Crippen molar-refractivity contribution in [2.24, 2.45) is 0 Å². The Morgan fingerprint density at radius 2 is 2.00 bits per heavy atom. The van der Waals surface area contributed by atoms with Gasteiger partial charge in [-0.2, -0.15) is 0 Å². The highest BCUT2D eigenvalue weighted by atomic mass is 19.1. The van der Waals surface area contributed by atoms with Crippen LogP contribution in [0.2, 0.25) is 0 Å². The second-order valence-corrected chi connectivity index (χ2v) is 5.93. The number of halogens is 2. The van der Waals surface area contributed by atoms with Crippen molar-refractivity contribution in [3.63, 3.8) is 0 Å². The summed E-state index contributed by atoms with van der Waals surface area (Å²) < 4.78 is 38.1. The van der Waals surface area contributed by atoms with Gasteiger partial charge in [0.15, 0.2) is 0 Å². The van der Waals surface area contributed by atoms with Crippen LogP contribution in [-0.4, -0.2) is 37.4 Å². The topological polar surface area (TPSA) is 47.6 Å². The molecule has 1 aromatic rings. The molecule has 0 radical (unpaired) electrons. The summed E-state index contributed by atoms with van der Waals surface area (Å²) in [6, 6.07) is 2.79. The summed E-state index contributed by atoms with van der Waals surface area (Å²) in [6.45, 7) is 1.86. The van der Waals surface area contributed by atoms with E-state index in [-0.39, 0.29) is 17.2 Å². The van der Waals surface area contributed by atoms with Gasteiger partial charge in [0.1, 0.15) is 11.6 Å². The lowest BCUT2D eigenvalue weighted by Crippen LogP contribution is -2.51. The fourth-order valence-corrected chi connectivity index (χ4v) is 3.18. The van der Waals surface area contributed by atoms with Gasteiger partial charge in [-0.1, -0.05) is 0 Å². The minimum Gasteiger partial charge on any atom is -0.381 e. The van der Waals surface area contributed by atoms with E-state index in [4.69, 9.17) is 9.47 Å². The molecule has 1 aromatic carbocycles. The monoisotopic (exact) mass is 311 g/mol. The summed E-state index contributed by atoms with van der Waals surface area (Å²) in [4.78, 5) is 12.2. The highest BCUT2D eigenvalue weighted by Gasteiger charge is 2.39. The molecule has 1 amide bonds. The van der Waals surface area contributed by atoms with E-state index in [2.05, 4.69) is 5.32 Å². The number of nitrogens with one attached hydrogen (secondary N) is 1. The normalized spacial score (nSPS) is 24.2. The van der Waals surface area contributed by atoms with Gasteiger partial charge in [0.05, 0.1) is 11.2 Å². The summed E-state index contributed by atoms with van der Waals surface area (Å²) in [5.74, 6) is -1.92. The van der Waals surface area contributed by atoms with Crippen molar-refractivity contribution in [1.29, 1.82) is 0 Å². The molecular weight excluding hydrogens is 292 g/mol. The predicted molar refractivity (Wildman–Crippen MR) is 75.6 cm³/mol. The maximum Gasteiger partial charge on any atom is 0.254 e. The molecular formula is C16H19F2NO3. The van der Waals surface area contributed by atoms with Crippen LogP contribution in [0.5, 0.6) is 0 Å².